The van der Waals surface area contributed by atoms with E-state index in [1.54, 1.807) is 12.4 Å². The lowest BCUT2D eigenvalue weighted by Crippen LogP contribution is -2.36. The summed E-state index contributed by atoms with van der Waals surface area (Å²) >= 11 is 0. The molecular formula is C25H26N4O2. The molecule has 2 aliphatic rings. The van der Waals surface area contributed by atoms with Crippen LogP contribution in [0.5, 0.6) is 11.5 Å². The predicted molar refractivity (Wildman–Crippen MR) is 120 cm³/mol. The van der Waals surface area contributed by atoms with Gasteiger partial charge in [0.1, 0.15) is 5.75 Å². The summed E-state index contributed by atoms with van der Waals surface area (Å²) in [4.78, 5) is 10.5. The third kappa shape index (κ3) is 4.59. The van der Waals surface area contributed by atoms with Gasteiger partial charge in [-0.25, -0.2) is 5.48 Å². The van der Waals surface area contributed by atoms with Gasteiger partial charge in [0.2, 0.25) is 0 Å². The molecule has 6 heteroatoms. The second-order valence-corrected chi connectivity index (χ2v) is 8.38. The lowest BCUT2D eigenvalue weighted by atomic mass is 10.0. The van der Waals surface area contributed by atoms with Gasteiger partial charge in [-0.05, 0) is 73.4 Å². The summed E-state index contributed by atoms with van der Waals surface area (Å²) in [7, 11) is 0. The van der Waals surface area contributed by atoms with Gasteiger partial charge in [0.15, 0.2) is 11.6 Å². The molecule has 0 saturated heterocycles. The molecule has 31 heavy (non-hydrogen) atoms. The fourth-order valence-electron chi connectivity index (χ4n) is 3.83. The number of hydrogen-bond donors (Lipinski definition) is 1. The van der Waals surface area contributed by atoms with E-state index in [-0.39, 0.29) is 6.04 Å². The second kappa shape index (κ2) is 8.47. The van der Waals surface area contributed by atoms with Crippen molar-refractivity contribution in [1.82, 2.24) is 15.7 Å². The Balaban J connectivity index is 1.38. The van der Waals surface area contributed by atoms with E-state index >= 15 is 0 Å². The summed E-state index contributed by atoms with van der Waals surface area (Å²) in [5.41, 5.74) is 8.84. The summed E-state index contributed by atoms with van der Waals surface area (Å²) in [5.74, 6) is 2.68. The molecule has 1 saturated carbocycles. The van der Waals surface area contributed by atoms with Crippen molar-refractivity contribution in [3.63, 3.8) is 0 Å². The van der Waals surface area contributed by atoms with Gasteiger partial charge in [-0.1, -0.05) is 30.3 Å². The number of nitrogens with one attached hydrogen (secondary N) is 1. The average molecular weight is 415 g/mol. The van der Waals surface area contributed by atoms with E-state index in [0.717, 1.165) is 17.7 Å². The van der Waals surface area contributed by atoms with Crippen molar-refractivity contribution in [3.8, 4) is 11.5 Å². The van der Waals surface area contributed by atoms with Crippen molar-refractivity contribution in [2.24, 2.45) is 4.99 Å². The van der Waals surface area contributed by atoms with Gasteiger partial charge in [-0.15, -0.1) is 0 Å². The van der Waals surface area contributed by atoms with Crippen LogP contribution in [0.3, 0.4) is 0 Å². The highest BCUT2D eigenvalue weighted by molar-refractivity contribution is 6.00. The Kier molecular flexibility index (Phi) is 5.38. The summed E-state index contributed by atoms with van der Waals surface area (Å²) in [6.45, 7) is 4.77. The molecule has 0 amide bonds. The number of amidine groups is 1. The van der Waals surface area contributed by atoms with E-state index in [9.17, 15) is 0 Å². The summed E-state index contributed by atoms with van der Waals surface area (Å²) in [6.07, 6.45) is 6.60. The molecule has 1 aromatic heterocycles. The van der Waals surface area contributed by atoms with Gasteiger partial charge >= 0.3 is 0 Å². The first kappa shape index (κ1) is 19.7. The Bertz CT molecular complexity index is 1120. The number of aromatic nitrogens is 2. The molecule has 2 aromatic carbocycles. The third-order valence-corrected chi connectivity index (χ3v) is 5.88. The minimum Gasteiger partial charge on any atom is -0.455 e. The van der Waals surface area contributed by atoms with E-state index in [1.807, 2.05) is 12.1 Å². The lowest BCUT2D eigenvalue weighted by molar-refractivity contribution is 0.0623. The summed E-state index contributed by atoms with van der Waals surface area (Å²) in [5, 5.41) is 8.05. The molecule has 0 spiro atoms. The highest BCUT2D eigenvalue weighted by Crippen LogP contribution is 2.41. The number of aliphatic imine (C=N–C) groups is 1. The molecule has 1 atom stereocenters. The largest absolute Gasteiger partial charge is 0.455 e. The molecule has 2 heterocycles. The maximum Gasteiger partial charge on any atom is 0.160 e. The van der Waals surface area contributed by atoms with Crippen molar-refractivity contribution < 1.29 is 9.57 Å². The maximum absolute atomic E-state index is 6.18. The fourth-order valence-corrected chi connectivity index (χ4v) is 3.83. The van der Waals surface area contributed by atoms with Crippen LogP contribution in [0.4, 0.5) is 0 Å². The molecule has 5 rings (SSSR count). The van der Waals surface area contributed by atoms with Crippen LogP contribution in [0.25, 0.3) is 0 Å². The van der Waals surface area contributed by atoms with Crippen molar-refractivity contribution >= 4 is 5.84 Å². The van der Waals surface area contributed by atoms with Crippen LogP contribution < -0.4 is 10.2 Å². The van der Waals surface area contributed by atoms with Gasteiger partial charge in [-0.2, -0.15) is 10.2 Å². The Hall–Kier alpha value is -3.25. The van der Waals surface area contributed by atoms with Crippen LogP contribution in [0.2, 0.25) is 0 Å². The normalized spacial score (nSPS) is 18.3. The maximum atomic E-state index is 6.18. The zero-order valence-corrected chi connectivity index (χ0v) is 17.8. The Morgan fingerprint density at radius 2 is 1.90 bits per heavy atom. The number of hydroxylamine groups is 1. The van der Waals surface area contributed by atoms with Crippen molar-refractivity contribution in [3.05, 3.63) is 82.7 Å². The first-order valence-corrected chi connectivity index (χ1v) is 10.8. The quantitative estimate of drug-likeness (QED) is 0.636. The molecule has 3 aromatic rings. The fraction of sp³-hybridized carbons (Fsp3) is 0.320. The minimum atomic E-state index is 0.0116. The zero-order valence-electron chi connectivity index (χ0n) is 17.8. The molecule has 1 N–H and O–H groups in total. The van der Waals surface area contributed by atoms with Crippen LogP contribution in [0, 0.1) is 13.8 Å². The van der Waals surface area contributed by atoms with Crippen molar-refractivity contribution in [2.45, 2.75) is 45.1 Å². The first-order valence-electron chi connectivity index (χ1n) is 10.8. The molecule has 1 unspecified atom stereocenters. The molecule has 1 aliphatic heterocycles. The van der Waals surface area contributed by atoms with Crippen LogP contribution in [0.15, 0.2) is 59.9 Å². The Morgan fingerprint density at radius 3 is 2.74 bits per heavy atom. The third-order valence-electron chi connectivity index (χ3n) is 5.88. The number of rotatable bonds is 6. The first-order chi connectivity index (χ1) is 15.2. The number of benzene rings is 2. The van der Waals surface area contributed by atoms with E-state index < -0.39 is 0 Å². The van der Waals surface area contributed by atoms with Crippen molar-refractivity contribution in [1.29, 1.82) is 0 Å². The lowest BCUT2D eigenvalue weighted by Gasteiger charge is -2.23. The number of hydrogen-bond acceptors (Lipinski definition) is 6. The van der Waals surface area contributed by atoms with Gasteiger partial charge in [0, 0.05) is 0 Å². The molecular weight excluding hydrogens is 388 g/mol. The number of nitrogens with zero attached hydrogens (tertiary/aromatic N) is 3. The highest BCUT2D eigenvalue weighted by Gasteiger charge is 2.24. The second-order valence-electron chi connectivity index (χ2n) is 8.38. The molecule has 6 nitrogen and oxygen atoms in total. The minimum absolute atomic E-state index is 0.0116. The smallest absolute Gasteiger partial charge is 0.160 e. The topological polar surface area (TPSA) is 68.6 Å². The average Bonchev–Trinajstić information content (AvgIpc) is 3.63. The standard InChI is InChI=1S/C25H26N4O2/c1-16-6-7-18(10-17(16)2)11-21-15-30-29-25(28-21)23-13-26-27-14-24(23)31-22-5-3-4-20(12-22)19-8-9-19/h3-7,10,12-14,19,21H,8-9,11,15H2,1-2H3,(H,28,29). The Morgan fingerprint density at radius 1 is 1.03 bits per heavy atom. The SMILES string of the molecule is Cc1ccc(CC2CONC(c3cnncc3Oc3cccc(C4CC4)c3)=N2)cc1C. The van der Waals surface area contributed by atoms with Crippen LogP contribution in [-0.4, -0.2) is 28.7 Å². The molecule has 1 fully saturated rings. The number of aryl methyl sites for hydroxylation is 2. The monoisotopic (exact) mass is 414 g/mol. The number of ether oxygens (including phenoxy) is 1. The Labute approximate surface area is 182 Å². The molecule has 158 valence electrons. The van der Waals surface area contributed by atoms with E-state index in [1.165, 1.54) is 35.1 Å². The van der Waals surface area contributed by atoms with Crippen molar-refractivity contribution in [2.75, 3.05) is 6.61 Å². The van der Waals surface area contributed by atoms with Crippen LogP contribution in [-0.2, 0) is 11.3 Å². The van der Waals surface area contributed by atoms with E-state index in [4.69, 9.17) is 14.6 Å². The van der Waals surface area contributed by atoms with Gasteiger partial charge in [-0.3, -0.25) is 9.83 Å². The van der Waals surface area contributed by atoms with E-state index in [0.29, 0.717) is 24.1 Å². The van der Waals surface area contributed by atoms with Gasteiger partial charge < -0.3 is 4.74 Å². The van der Waals surface area contributed by atoms with Crippen LogP contribution in [0.1, 0.15) is 46.6 Å². The highest BCUT2D eigenvalue weighted by atomic mass is 16.6. The van der Waals surface area contributed by atoms with E-state index in [2.05, 4.69) is 59.9 Å². The molecule has 0 bridgehead atoms. The van der Waals surface area contributed by atoms with Crippen LogP contribution >= 0.6 is 0 Å². The molecule has 1 aliphatic carbocycles. The molecule has 0 radical (unpaired) electrons. The predicted octanol–water partition coefficient (Wildman–Crippen LogP) is 4.66. The zero-order chi connectivity index (χ0) is 21.2. The summed E-state index contributed by atoms with van der Waals surface area (Å²) < 4.78 is 6.18. The summed E-state index contributed by atoms with van der Waals surface area (Å²) in [6, 6.07) is 14.8. The van der Waals surface area contributed by atoms with Gasteiger partial charge in [0.25, 0.3) is 0 Å². The van der Waals surface area contributed by atoms with Gasteiger partial charge in [0.05, 0.1) is 30.6 Å².